The fourth-order valence-electron chi connectivity index (χ4n) is 7.77. The summed E-state index contributed by atoms with van der Waals surface area (Å²) in [6.45, 7) is 5.24. The maximum Gasteiger partial charge on any atom is 0.0937 e. The molecule has 0 spiro atoms. The minimum absolute atomic E-state index is 0.511. The lowest BCUT2D eigenvalue weighted by molar-refractivity contribution is -0.0415. The molecule has 5 rings (SSSR count). The predicted molar refractivity (Wildman–Crippen MR) is 97.8 cm³/mol. The third kappa shape index (κ3) is 1.93. The summed E-state index contributed by atoms with van der Waals surface area (Å²) in [4.78, 5) is 0. The van der Waals surface area contributed by atoms with Crippen molar-refractivity contribution in [2.24, 2.45) is 28.6 Å². The Hall–Kier alpha value is -0.980. The Bertz CT molecular complexity index is 641. The van der Waals surface area contributed by atoms with Gasteiger partial charge in [0.05, 0.1) is 12.5 Å². The van der Waals surface area contributed by atoms with E-state index >= 15 is 0 Å². The quantitative estimate of drug-likeness (QED) is 0.523. The van der Waals surface area contributed by atoms with Crippen LogP contribution in [-0.2, 0) is 0 Å². The molecule has 6 atom stereocenters. The van der Waals surface area contributed by atoms with Crippen LogP contribution in [0.2, 0.25) is 0 Å². The zero-order chi connectivity index (χ0) is 16.4. The summed E-state index contributed by atoms with van der Waals surface area (Å²) in [6.07, 6.45) is 19.3. The first-order chi connectivity index (χ1) is 11.6. The number of rotatable bonds is 1. The topological polar surface area (TPSA) is 13.1 Å². The lowest BCUT2D eigenvalue weighted by Crippen LogP contribution is -2.49. The second kappa shape index (κ2) is 5.26. The summed E-state index contributed by atoms with van der Waals surface area (Å²) >= 11 is 0. The average Bonchev–Trinajstić information content (AvgIpc) is 3.20. The summed E-state index contributed by atoms with van der Waals surface area (Å²) in [5.74, 6) is 3.61. The molecular formula is C23H32O. The molecule has 1 heterocycles. The Labute approximate surface area is 146 Å². The van der Waals surface area contributed by atoms with Gasteiger partial charge in [0.2, 0.25) is 0 Å². The van der Waals surface area contributed by atoms with E-state index in [1.54, 1.807) is 0 Å². The molecule has 0 aromatic carbocycles. The lowest BCUT2D eigenvalue weighted by Gasteiger charge is -2.58. The normalized spacial score (nSPS) is 47.5. The van der Waals surface area contributed by atoms with E-state index < -0.39 is 0 Å². The molecular weight excluding hydrogens is 292 g/mol. The molecule has 3 saturated carbocycles. The van der Waals surface area contributed by atoms with E-state index in [0.717, 1.165) is 23.7 Å². The third-order valence-electron chi connectivity index (χ3n) is 8.97. The summed E-state index contributed by atoms with van der Waals surface area (Å²) in [6, 6.07) is 2.23. The Kier molecular flexibility index (Phi) is 3.35. The monoisotopic (exact) mass is 324 g/mol. The van der Waals surface area contributed by atoms with Crippen LogP contribution < -0.4 is 0 Å². The van der Waals surface area contributed by atoms with Gasteiger partial charge < -0.3 is 4.42 Å². The number of fused-ring (bicyclic) bond motifs is 5. The van der Waals surface area contributed by atoms with E-state index in [-0.39, 0.29) is 0 Å². The molecule has 1 aromatic heterocycles. The van der Waals surface area contributed by atoms with Crippen LogP contribution in [0.25, 0.3) is 0 Å². The van der Waals surface area contributed by atoms with Crippen LogP contribution in [-0.4, -0.2) is 0 Å². The highest BCUT2D eigenvalue weighted by molar-refractivity contribution is 5.26. The molecule has 1 nitrogen and oxygen atoms in total. The largest absolute Gasteiger partial charge is 0.472 e. The summed E-state index contributed by atoms with van der Waals surface area (Å²) in [5, 5.41) is 0. The maximum atomic E-state index is 5.44. The molecule has 0 aliphatic heterocycles. The molecule has 130 valence electrons. The molecule has 0 amide bonds. The second-order valence-electron chi connectivity index (χ2n) is 9.69. The molecule has 1 heteroatoms. The fraction of sp³-hybridized carbons (Fsp3) is 0.739. The molecule has 1 aromatic rings. The van der Waals surface area contributed by atoms with E-state index in [0.29, 0.717) is 10.8 Å². The summed E-state index contributed by atoms with van der Waals surface area (Å²) < 4.78 is 5.44. The molecule has 0 N–H and O–H groups in total. The van der Waals surface area contributed by atoms with Crippen molar-refractivity contribution < 1.29 is 4.42 Å². The second-order valence-corrected chi connectivity index (χ2v) is 9.69. The Morgan fingerprint density at radius 3 is 2.79 bits per heavy atom. The highest BCUT2D eigenvalue weighted by atomic mass is 16.3. The number of hydrogen-bond donors (Lipinski definition) is 0. The molecule has 4 aliphatic carbocycles. The first-order valence-electron chi connectivity index (χ1n) is 10.3. The van der Waals surface area contributed by atoms with E-state index in [1.807, 2.05) is 18.1 Å². The minimum Gasteiger partial charge on any atom is -0.472 e. The Morgan fingerprint density at radius 1 is 1.04 bits per heavy atom. The van der Waals surface area contributed by atoms with Crippen LogP contribution in [0.15, 0.2) is 34.7 Å². The predicted octanol–water partition coefficient (Wildman–Crippen LogP) is 6.72. The van der Waals surface area contributed by atoms with Crippen molar-refractivity contribution in [3.63, 3.8) is 0 Å². The zero-order valence-corrected chi connectivity index (χ0v) is 15.4. The van der Waals surface area contributed by atoms with E-state index in [1.165, 1.54) is 63.4 Å². The molecule has 0 radical (unpaired) electrons. The fourth-order valence-corrected chi connectivity index (χ4v) is 7.77. The first kappa shape index (κ1) is 15.3. The molecule has 0 bridgehead atoms. The van der Waals surface area contributed by atoms with Gasteiger partial charge in [-0.1, -0.05) is 25.5 Å². The van der Waals surface area contributed by atoms with Gasteiger partial charge in [-0.25, -0.2) is 0 Å². The van der Waals surface area contributed by atoms with Crippen LogP contribution in [0.3, 0.4) is 0 Å². The Balaban J connectivity index is 1.48. The van der Waals surface area contributed by atoms with E-state index in [2.05, 4.69) is 26.0 Å². The van der Waals surface area contributed by atoms with Crippen LogP contribution in [0.1, 0.15) is 83.1 Å². The first-order valence-corrected chi connectivity index (χ1v) is 10.3. The van der Waals surface area contributed by atoms with Gasteiger partial charge in [0.15, 0.2) is 0 Å². The lowest BCUT2D eigenvalue weighted by atomic mass is 9.46. The minimum atomic E-state index is 0.511. The van der Waals surface area contributed by atoms with E-state index in [9.17, 15) is 0 Å². The van der Waals surface area contributed by atoms with Gasteiger partial charge in [-0.3, -0.25) is 0 Å². The molecule has 4 aliphatic rings. The average molecular weight is 325 g/mol. The summed E-state index contributed by atoms with van der Waals surface area (Å²) in [7, 11) is 0. The van der Waals surface area contributed by atoms with Crippen molar-refractivity contribution in [1.82, 2.24) is 0 Å². The van der Waals surface area contributed by atoms with Gasteiger partial charge in [-0.05, 0) is 104 Å². The smallest absolute Gasteiger partial charge is 0.0937 e. The van der Waals surface area contributed by atoms with Gasteiger partial charge in [0, 0.05) is 0 Å². The van der Waals surface area contributed by atoms with Crippen molar-refractivity contribution in [2.75, 3.05) is 0 Å². The van der Waals surface area contributed by atoms with Crippen molar-refractivity contribution in [2.45, 2.75) is 77.6 Å². The van der Waals surface area contributed by atoms with Gasteiger partial charge in [-0.15, -0.1) is 0 Å². The van der Waals surface area contributed by atoms with Crippen LogP contribution >= 0.6 is 0 Å². The number of furan rings is 1. The van der Waals surface area contributed by atoms with Crippen molar-refractivity contribution in [3.8, 4) is 0 Å². The van der Waals surface area contributed by atoms with Crippen molar-refractivity contribution in [3.05, 3.63) is 35.8 Å². The van der Waals surface area contributed by atoms with Gasteiger partial charge >= 0.3 is 0 Å². The zero-order valence-electron chi connectivity index (χ0n) is 15.4. The third-order valence-corrected chi connectivity index (χ3v) is 8.97. The van der Waals surface area contributed by atoms with Gasteiger partial charge in [0.25, 0.3) is 0 Å². The molecule has 0 saturated heterocycles. The van der Waals surface area contributed by atoms with Crippen LogP contribution in [0.4, 0.5) is 0 Å². The van der Waals surface area contributed by atoms with Crippen molar-refractivity contribution in [1.29, 1.82) is 0 Å². The maximum absolute atomic E-state index is 5.44. The molecule has 0 unspecified atom stereocenters. The van der Waals surface area contributed by atoms with Gasteiger partial charge in [0.1, 0.15) is 0 Å². The van der Waals surface area contributed by atoms with Crippen molar-refractivity contribution >= 4 is 0 Å². The standard InChI is InChI=1S/C23H32O/c1-22-12-4-3-5-17(22)6-7-18-20-9-8-19(16-11-14-24-15-16)23(20,2)13-10-21(18)22/h5,11,14-15,18-21H,3-4,6-10,12-13H2,1-2H3/t18-,19+,20-,21-,22-,23+/m0/s1. The SMILES string of the molecule is C[C@]12CC[C@H]3[C@@H](CCC4=CCCC[C@@]43C)[C@@H]1CC[C@@H]2c1ccoc1. The highest BCUT2D eigenvalue weighted by Gasteiger charge is 2.58. The summed E-state index contributed by atoms with van der Waals surface area (Å²) in [5.41, 5.74) is 4.36. The van der Waals surface area contributed by atoms with Crippen LogP contribution in [0.5, 0.6) is 0 Å². The molecule has 3 fully saturated rings. The highest BCUT2D eigenvalue weighted by Crippen LogP contribution is 2.68. The van der Waals surface area contributed by atoms with Gasteiger partial charge in [-0.2, -0.15) is 0 Å². The molecule has 24 heavy (non-hydrogen) atoms. The van der Waals surface area contributed by atoms with E-state index in [4.69, 9.17) is 4.42 Å². The number of hydrogen-bond acceptors (Lipinski definition) is 1. The number of allylic oxidation sites excluding steroid dienone is 2. The Morgan fingerprint density at radius 2 is 1.96 bits per heavy atom. The van der Waals surface area contributed by atoms with Crippen LogP contribution in [0, 0.1) is 28.6 Å².